The molecule has 1 rings (SSSR count). The molecule has 0 fully saturated rings. The number of furan rings is 1. The number of hydrogen-bond donors (Lipinski definition) is 0. The molecule has 4 heteroatoms. The number of halogens is 1. The Morgan fingerprint density at radius 2 is 2.45 bits per heavy atom. The van der Waals surface area contributed by atoms with Gasteiger partial charge in [-0.3, -0.25) is 4.79 Å². The number of carbonyl (C=O) groups is 1. The molecule has 0 aliphatic heterocycles. The third-order valence-electron chi connectivity index (χ3n) is 1.25. The number of hydrogen-bond acceptors (Lipinski definition) is 3. The van der Waals surface area contributed by atoms with Gasteiger partial charge in [-0.1, -0.05) is 0 Å². The molecule has 0 aromatic carbocycles. The predicted octanol–water partition coefficient (Wildman–Crippen LogP) is 1.93. The summed E-state index contributed by atoms with van der Waals surface area (Å²) in [5.41, 5.74) is 0. The summed E-state index contributed by atoms with van der Waals surface area (Å²) in [5.74, 6) is 0.509. The van der Waals surface area contributed by atoms with Crippen LogP contribution in [0, 0.1) is 0 Å². The average molecular weight is 219 g/mol. The van der Waals surface area contributed by atoms with Gasteiger partial charge in [-0.2, -0.15) is 0 Å². The maximum Gasteiger partial charge on any atom is 0.170 e. The van der Waals surface area contributed by atoms with Crippen molar-refractivity contribution in [3.8, 4) is 0 Å². The molecular formula is C7H7BrO3. The fraction of sp³-hybridized carbons (Fsp3) is 0.286. The van der Waals surface area contributed by atoms with Crippen LogP contribution in [-0.2, 0) is 9.53 Å². The molecule has 0 saturated carbocycles. The van der Waals surface area contributed by atoms with Crippen molar-refractivity contribution in [1.82, 2.24) is 0 Å². The van der Waals surface area contributed by atoms with Gasteiger partial charge in [0.25, 0.3) is 0 Å². The maximum atomic E-state index is 10.3. The van der Waals surface area contributed by atoms with E-state index in [4.69, 9.17) is 9.15 Å². The van der Waals surface area contributed by atoms with Crippen LogP contribution in [0.4, 0.5) is 0 Å². The molecule has 1 atom stereocenters. The van der Waals surface area contributed by atoms with Crippen molar-refractivity contribution in [1.29, 1.82) is 0 Å². The molecule has 0 bridgehead atoms. The first-order valence-corrected chi connectivity index (χ1v) is 3.80. The third-order valence-corrected chi connectivity index (χ3v) is 1.68. The van der Waals surface area contributed by atoms with Crippen molar-refractivity contribution >= 4 is 22.2 Å². The van der Waals surface area contributed by atoms with Crippen LogP contribution in [-0.4, -0.2) is 13.4 Å². The summed E-state index contributed by atoms with van der Waals surface area (Å²) in [6.45, 7) is 0. The number of ether oxygens (including phenoxy) is 1. The Bertz CT molecular complexity index is 244. The first-order chi connectivity index (χ1) is 5.27. The summed E-state index contributed by atoms with van der Waals surface area (Å²) in [6.07, 6.45) is 0.0898. The second-order valence-corrected chi connectivity index (χ2v) is 2.72. The largest absolute Gasteiger partial charge is 0.451 e. The van der Waals surface area contributed by atoms with Crippen molar-refractivity contribution in [3.63, 3.8) is 0 Å². The van der Waals surface area contributed by atoms with E-state index in [1.54, 1.807) is 12.1 Å². The zero-order chi connectivity index (χ0) is 8.27. The predicted molar refractivity (Wildman–Crippen MR) is 42.2 cm³/mol. The molecule has 0 radical (unpaired) electrons. The van der Waals surface area contributed by atoms with Crippen LogP contribution >= 0.6 is 15.9 Å². The van der Waals surface area contributed by atoms with Crippen LogP contribution in [0.25, 0.3) is 0 Å². The van der Waals surface area contributed by atoms with Crippen LogP contribution in [0.1, 0.15) is 11.9 Å². The van der Waals surface area contributed by atoms with Gasteiger partial charge in [0.1, 0.15) is 5.76 Å². The van der Waals surface area contributed by atoms with Crippen LogP contribution in [0.2, 0.25) is 0 Å². The summed E-state index contributed by atoms with van der Waals surface area (Å²) >= 11 is 3.12. The van der Waals surface area contributed by atoms with E-state index in [0.717, 1.165) is 0 Å². The Morgan fingerprint density at radius 3 is 2.82 bits per heavy atom. The van der Waals surface area contributed by atoms with Crippen LogP contribution in [0.15, 0.2) is 21.2 Å². The van der Waals surface area contributed by atoms with Crippen LogP contribution in [0.3, 0.4) is 0 Å². The second-order valence-electron chi connectivity index (χ2n) is 1.93. The lowest BCUT2D eigenvalue weighted by molar-refractivity contribution is -0.117. The summed E-state index contributed by atoms with van der Waals surface area (Å²) in [5, 5.41) is 0. The highest BCUT2D eigenvalue weighted by Crippen LogP contribution is 2.20. The van der Waals surface area contributed by atoms with Gasteiger partial charge in [-0.25, -0.2) is 0 Å². The molecule has 1 aromatic rings. The fourth-order valence-corrected chi connectivity index (χ4v) is 1.04. The lowest BCUT2D eigenvalue weighted by Gasteiger charge is -2.02. The van der Waals surface area contributed by atoms with E-state index < -0.39 is 6.10 Å². The van der Waals surface area contributed by atoms with Crippen molar-refractivity contribution in [2.75, 3.05) is 7.11 Å². The average Bonchev–Trinajstić information content (AvgIpc) is 2.39. The van der Waals surface area contributed by atoms with Gasteiger partial charge >= 0.3 is 0 Å². The molecule has 3 nitrogen and oxygen atoms in total. The number of rotatable bonds is 3. The third kappa shape index (κ3) is 1.91. The first kappa shape index (κ1) is 8.49. The minimum absolute atomic E-state index is 0.509. The summed E-state index contributed by atoms with van der Waals surface area (Å²) in [6, 6.07) is 3.40. The quantitative estimate of drug-likeness (QED) is 0.729. The van der Waals surface area contributed by atoms with Gasteiger partial charge in [0, 0.05) is 7.11 Å². The Labute approximate surface area is 72.5 Å². The molecule has 0 aliphatic rings. The lowest BCUT2D eigenvalue weighted by atomic mass is 10.3. The highest BCUT2D eigenvalue weighted by molar-refractivity contribution is 9.10. The van der Waals surface area contributed by atoms with E-state index in [1.165, 1.54) is 7.11 Å². The Balaban J connectivity index is 2.81. The van der Waals surface area contributed by atoms with E-state index in [9.17, 15) is 4.79 Å². The van der Waals surface area contributed by atoms with Crippen molar-refractivity contribution in [3.05, 3.63) is 22.6 Å². The number of aldehydes is 1. The zero-order valence-corrected chi connectivity index (χ0v) is 7.50. The Hall–Kier alpha value is -0.610. The van der Waals surface area contributed by atoms with Gasteiger partial charge in [0.05, 0.1) is 0 Å². The van der Waals surface area contributed by atoms with Gasteiger partial charge in [-0.15, -0.1) is 0 Å². The molecule has 60 valence electrons. The molecule has 0 saturated heterocycles. The van der Waals surface area contributed by atoms with Gasteiger partial charge < -0.3 is 9.15 Å². The van der Waals surface area contributed by atoms with Crippen molar-refractivity contribution < 1.29 is 13.9 Å². The van der Waals surface area contributed by atoms with E-state index in [-0.39, 0.29) is 0 Å². The number of carbonyl (C=O) groups excluding carboxylic acids is 1. The van der Waals surface area contributed by atoms with Crippen molar-refractivity contribution in [2.24, 2.45) is 0 Å². The van der Waals surface area contributed by atoms with Gasteiger partial charge in [-0.05, 0) is 28.1 Å². The minimum atomic E-state index is -0.596. The highest BCUT2D eigenvalue weighted by atomic mass is 79.9. The molecule has 0 spiro atoms. The van der Waals surface area contributed by atoms with E-state index in [1.807, 2.05) is 0 Å². The molecule has 0 amide bonds. The van der Waals surface area contributed by atoms with E-state index in [2.05, 4.69) is 15.9 Å². The normalized spacial score (nSPS) is 12.9. The lowest BCUT2D eigenvalue weighted by Crippen LogP contribution is -2.00. The topological polar surface area (TPSA) is 39.4 Å². The standard InChI is InChI=1S/C7H7BrO3/c1-10-6(4-9)5-2-3-7(8)11-5/h2-4,6H,1H3. The van der Waals surface area contributed by atoms with Gasteiger partial charge in [0.2, 0.25) is 0 Å². The summed E-state index contributed by atoms with van der Waals surface area (Å²) in [7, 11) is 1.45. The number of methoxy groups -OCH3 is 1. The van der Waals surface area contributed by atoms with Crippen molar-refractivity contribution in [2.45, 2.75) is 6.10 Å². The first-order valence-electron chi connectivity index (χ1n) is 3.01. The van der Waals surface area contributed by atoms with Crippen LogP contribution in [0.5, 0.6) is 0 Å². The van der Waals surface area contributed by atoms with E-state index in [0.29, 0.717) is 16.7 Å². The fourth-order valence-electron chi connectivity index (χ4n) is 0.720. The molecule has 0 aliphatic carbocycles. The smallest absolute Gasteiger partial charge is 0.170 e. The van der Waals surface area contributed by atoms with E-state index >= 15 is 0 Å². The molecule has 1 unspecified atom stereocenters. The molecule has 0 N–H and O–H groups in total. The monoisotopic (exact) mass is 218 g/mol. The Morgan fingerprint density at radius 1 is 1.73 bits per heavy atom. The zero-order valence-electron chi connectivity index (χ0n) is 5.91. The Kier molecular flexibility index (Phi) is 2.84. The molecule has 11 heavy (non-hydrogen) atoms. The second kappa shape index (κ2) is 3.69. The maximum absolute atomic E-state index is 10.3. The highest BCUT2D eigenvalue weighted by Gasteiger charge is 2.12. The SMILES string of the molecule is COC(C=O)c1ccc(Br)o1. The molecule has 1 heterocycles. The minimum Gasteiger partial charge on any atom is -0.451 e. The molecular weight excluding hydrogens is 212 g/mol. The summed E-state index contributed by atoms with van der Waals surface area (Å²) in [4.78, 5) is 10.3. The van der Waals surface area contributed by atoms with Crippen LogP contribution < -0.4 is 0 Å². The van der Waals surface area contributed by atoms with Gasteiger partial charge in [0.15, 0.2) is 17.1 Å². The summed E-state index contributed by atoms with van der Waals surface area (Å²) < 4.78 is 10.5. The molecule has 1 aromatic heterocycles.